The lowest BCUT2D eigenvalue weighted by Gasteiger charge is -2.22. The summed E-state index contributed by atoms with van der Waals surface area (Å²) in [5, 5.41) is 2.51. The van der Waals surface area contributed by atoms with Gasteiger partial charge in [0.05, 0.1) is 0 Å². The number of likely N-dealkylation sites (tertiary alicyclic amines) is 1. The Bertz CT molecular complexity index is 575. The second-order valence-corrected chi connectivity index (χ2v) is 4.94. The molecule has 8 heteroatoms. The molecule has 0 spiro atoms. The van der Waals surface area contributed by atoms with Gasteiger partial charge in [-0.1, -0.05) is 6.07 Å². The Hall–Kier alpha value is -2.25. The fourth-order valence-electron chi connectivity index (χ4n) is 2.41. The third kappa shape index (κ3) is 4.12. The number of rotatable bonds is 3. The molecule has 1 N–H and O–H groups in total. The number of amides is 2. The van der Waals surface area contributed by atoms with E-state index in [2.05, 4.69) is 10.1 Å². The van der Waals surface area contributed by atoms with Gasteiger partial charge < -0.3 is 15.0 Å². The van der Waals surface area contributed by atoms with Crippen LogP contribution in [0.4, 0.5) is 18.9 Å². The van der Waals surface area contributed by atoms with E-state index in [1.165, 1.54) is 24.0 Å². The van der Waals surface area contributed by atoms with Gasteiger partial charge in [-0.15, -0.1) is 13.2 Å². The van der Waals surface area contributed by atoms with Gasteiger partial charge in [0.2, 0.25) is 11.8 Å². The summed E-state index contributed by atoms with van der Waals surface area (Å²) in [7, 11) is 0. The summed E-state index contributed by atoms with van der Waals surface area (Å²) < 4.78 is 40.3. The second-order valence-electron chi connectivity index (χ2n) is 4.94. The van der Waals surface area contributed by atoms with Crippen LogP contribution in [-0.2, 0) is 9.59 Å². The maximum Gasteiger partial charge on any atom is 0.573 e. The Kier molecular flexibility index (Phi) is 4.58. The number of hydrogen-bond donors (Lipinski definition) is 1. The molecule has 2 amide bonds. The molecule has 22 heavy (non-hydrogen) atoms. The zero-order chi connectivity index (χ0) is 16.3. The van der Waals surface area contributed by atoms with Crippen LogP contribution in [-0.4, -0.2) is 35.7 Å². The molecule has 1 unspecified atom stereocenters. The van der Waals surface area contributed by atoms with Crippen molar-refractivity contribution in [1.82, 2.24) is 4.90 Å². The van der Waals surface area contributed by atoms with E-state index in [0.29, 0.717) is 13.0 Å². The molecule has 0 aliphatic carbocycles. The standard InChI is InChI=1S/C14H15F3N2O3/c1-9(20)19-7-3-6-12(19)13(21)18-10-4-2-5-11(8-10)22-14(15,16)17/h2,4-5,8,12H,3,6-7H2,1H3,(H,18,21). The van der Waals surface area contributed by atoms with Crippen LogP contribution in [0.2, 0.25) is 0 Å². The summed E-state index contributed by atoms with van der Waals surface area (Å²) in [6.45, 7) is 1.88. The summed E-state index contributed by atoms with van der Waals surface area (Å²) in [6, 6.07) is 4.42. The summed E-state index contributed by atoms with van der Waals surface area (Å²) in [5.41, 5.74) is 0.183. The van der Waals surface area contributed by atoms with Crippen molar-refractivity contribution < 1.29 is 27.5 Å². The van der Waals surface area contributed by atoms with E-state index in [0.717, 1.165) is 18.6 Å². The normalized spacial score (nSPS) is 18.2. The minimum atomic E-state index is -4.79. The lowest BCUT2D eigenvalue weighted by atomic mass is 10.2. The number of anilines is 1. The number of benzene rings is 1. The third-order valence-corrected chi connectivity index (χ3v) is 3.30. The first kappa shape index (κ1) is 16.1. The molecule has 1 atom stereocenters. The minimum absolute atomic E-state index is 0.183. The van der Waals surface area contributed by atoms with E-state index in [4.69, 9.17) is 0 Å². The minimum Gasteiger partial charge on any atom is -0.406 e. The van der Waals surface area contributed by atoms with E-state index in [1.54, 1.807) is 0 Å². The molecule has 0 radical (unpaired) electrons. The number of carbonyl (C=O) groups excluding carboxylic acids is 2. The maximum absolute atomic E-state index is 12.2. The smallest absolute Gasteiger partial charge is 0.406 e. The molecular formula is C14H15F3N2O3. The average Bonchev–Trinajstić information content (AvgIpc) is 2.86. The molecule has 2 rings (SSSR count). The predicted octanol–water partition coefficient (Wildman–Crippen LogP) is 2.53. The number of halogens is 3. The molecule has 1 heterocycles. The molecular weight excluding hydrogens is 301 g/mol. The van der Waals surface area contributed by atoms with Gasteiger partial charge in [0.25, 0.3) is 0 Å². The fraction of sp³-hybridized carbons (Fsp3) is 0.429. The molecule has 0 bridgehead atoms. The van der Waals surface area contributed by atoms with E-state index in [1.807, 2.05) is 0 Å². The molecule has 1 aliphatic rings. The van der Waals surface area contributed by atoms with Crippen LogP contribution in [0.1, 0.15) is 19.8 Å². The van der Waals surface area contributed by atoms with Crippen molar-refractivity contribution in [3.63, 3.8) is 0 Å². The maximum atomic E-state index is 12.2. The molecule has 1 fully saturated rings. The van der Waals surface area contributed by atoms with Crippen LogP contribution in [0.15, 0.2) is 24.3 Å². The lowest BCUT2D eigenvalue weighted by Crippen LogP contribution is -2.42. The highest BCUT2D eigenvalue weighted by Crippen LogP contribution is 2.26. The molecule has 5 nitrogen and oxygen atoms in total. The van der Waals surface area contributed by atoms with Crippen molar-refractivity contribution >= 4 is 17.5 Å². The summed E-state index contributed by atoms with van der Waals surface area (Å²) >= 11 is 0. The fourth-order valence-corrected chi connectivity index (χ4v) is 2.41. The zero-order valence-electron chi connectivity index (χ0n) is 11.8. The van der Waals surface area contributed by atoms with Crippen molar-refractivity contribution in [1.29, 1.82) is 0 Å². The molecule has 1 aromatic rings. The Morgan fingerprint density at radius 1 is 1.36 bits per heavy atom. The second kappa shape index (κ2) is 6.25. The van der Waals surface area contributed by atoms with Crippen molar-refractivity contribution in [3.05, 3.63) is 24.3 Å². The SMILES string of the molecule is CC(=O)N1CCCC1C(=O)Nc1cccc(OC(F)(F)F)c1. The van der Waals surface area contributed by atoms with Crippen molar-refractivity contribution in [3.8, 4) is 5.75 Å². The topological polar surface area (TPSA) is 58.6 Å². The van der Waals surface area contributed by atoms with Crippen LogP contribution in [0, 0.1) is 0 Å². The first-order chi connectivity index (χ1) is 10.3. The summed E-state index contributed by atoms with van der Waals surface area (Å²) in [6.07, 6.45) is -3.54. The first-order valence-corrected chi connectivity index (χ1v) is 6.70. The Balaban J connectivity index is 2.05. The molecule has 1 aromatic carbocycles. The number of ether oxygens (including phenoxy) is 1. The van der Waals surface area contributed by atoms with Crippen molar-refractivity contribution in [2.45, 2.75) is 32.2 Å². The van der Waals surface area contributed by atoms with Gasteiger partial charge in [-0.3, -0.25) is 9.59 Å². The van der Waals surface area contributed by atoms with Gasteiger partial charge in [-0.2, -0.15) is 0 Å². The largest absolute Gasteiger partial charge is 0.573 e. The number of carbonyl (C=O) groups is 2. The van der Waals surface area contributed by atoms with Crippen molar-refractivity contribution in [2.24, 2.45) is 0 Å². The van der Waals surface area contributed by atoms with Gasteiger partial charge in [-0.25, -0.2) is 0 Å². The van der Waals surface area contributed by atoms with E-state index >= 15 is 0 Å². The van der Waals surface area contributed by atoms with Crippen LogP contribution < -0.4 is 10.1 Å². The molecule has 120 valence electrons. The highest BCUT2D eigenvalue weighted by Gasteiger charge is 2.33. The number of nitrogens with zero attached hydrogens (tertiary/aromatic N) is 1. The predicted molar refractivity (Wildman–Crippen MR) is 72.2 cm³/mol. The first-order valence-electron chi connectivity index (χ1n) is 6.70. The number of alkyl halides is 3. The van der Waals surface area contributed by atoms with Gasteiger partial charge >= 0.3 is 6.36 Å². The van der Waals surface area contributed by atoms with Crippen LogP contribution in [0.3, 0.4) is 0 Å². The van der Waals surface area contributed by atoms with Gasteiger partial charge in [-0.05, 0) is 25.0 Å². The number of hydrogen-bond acceptors (Lipinski definition) is 3. The monoisotopic (exact) mass is 316 g/mol. The highest BCUT2D eigenvalue weighted by molar-refractivity contribution is 5.97. The van der Waals surface area contributed by atoms with E-state index in [9.17, 15) is 22.8 Å². The van der Waals surface area contributed by atoms with Crippen LogP contribution in [0.25, 0.3) is 0 Å². The zero-order valence-corrected chi connectivity index (χ0v) is 11.8. The molecule has 0 saturated carbocycles. The Morgan fingerprint density at radius 2 is 2.09 bits per heavy atom. The summed E-state index contributed by atoms with van der Waals surface area (Å²) in [4.78, 5) is 25.0. The molecule has 1 saturated heterocycles. The van der Waals surface area contributed by atoms with Crippen LogP contribution >= 0.6 is 0 Å². The van der Waals surface area contributed by atoms with Gasteiger partial charge in [0.15, 0.2) is 0 Å². The Morgan fingerprint density at radius 3 is 2.73 bits per heavy atom. The van der Waals surface area contributed by atoms with E-state index < -0.39 is 24.1 Å². The molecule has 1 aliphatic heterocycles. The molecule has 0 aromatic heterocycles. The lowest BCUT2D eigenvalue weighted by molar-refractivity contribution is -0.274. The third-order valence-electron chi connectivity index (χ3n) is 3.30. The van der Waals surface area contributed by atoms with Crippen molar-refractivity contribution in [2.75, 3.05) is 11.9 Å². The van der Waals surface area contributed by atoms with Gasteiger partial charge in [0.1, 0.15) is 11.8 Å². The van der Waals surface area contributed by atoms with Crippen LogP contribution in [0.5, 0.6) is 5.75 Å². The highest BCUT2D eigenvalue weighted by atomic mass is 19.4. The summed E-state index contributed by atoms with van der Waals surface area (Å²) in [5.74, 6) is -1.04. The van der Waals surface area contributed by atoms with Gasteiger partial charge in [0, 0.05) is 25.2 Å². The average molecular weight is 316 g/mol. The quantitative estimate of drug-likeness (QED) is 0.932. The van der Waals surface area contributed by atoms with E-state index in [-0.39, 0.29) is 11.6 Å². The number of nitrogens with one attached hydrogen (secondary N) is 1. The Labute approximate surface area is 125 Å².